The molecule has 1 aromatic rings. The van der Waals surface area contributed by atoms with Crippen LogP contribution in [-0.2, 0) is 4.79 Å². The van der Waals surface area contributed by atoms with Gasteiger partial charge in [0.05, 0.1) is 12.8 Å². The number of methoxy groups -OCH3 is 1. The minimum Gasteiger partial charge on any atom is -0.495 e. The van der Waals surface area contributed by atoms with Gasteiger partial charge in [-0.15, -0.1) is 12.4 Å². The van der Waals surface area contributed by atoms with Gasteiger partial charge in [0, 0.05) is 32.1 Å². The number of ether oxygens (including phenoxy) is 1. The van der Waals surface area contributed by atoms with Crippen LogP contribution in [0.25, 0.3) is 0 Å². The second kappa shape index (κ2) is 9.27. The van der Waals surface area contributed by atoms with Crippen molar-refractivity contribution in [2.75, 3.05) is 40.1 Å². The van der Waals surface area contributed by atoms with E-state index >= 15 is 0 Å². The van der Waals surface area contributed by atoms with Crippen LogP contribution in [0.1, 0.15) is 17.3 Å². The summed E-state index contributed by atoms with van der Waals surface area (Å²) in [5, 5.41) is 5.76. The van der Waals surface area contributed by atoms with Gasteiger partial charge in [0.1, 0.15) is 5.75 Å². The Labute approximate surface area is 137 Å². The highest BCUT2D eigenvalue weighted by Crippen LogP contribution is 2.26. The lowest BCUT2D eigenvalue weighted by Crippen LogP contribution is -2.29. The molecule has 124 valence electrons. The molecule has 0 radical (unpaired) electrons. The maximum atomic E-state index is 12.1. The summed E-state index contributed by atoms with van der Waals surface area (Å²) in [5.74, 6) is 0.0803. The standard InChI is InChI=1S/C15H23N3O3.ClH/c1-10(9-16-2)14(19)17-12-8-11(15(20)18(3)4)6-7-13(12)21-5;/h6-8,10,16H,9H2,1-5H3,(H,17,19);1H. The van der Waals surface area contributed by atoms with E-state index in [1.54, 1.807) is 39.3 Å². The lowest BCUT2D eigenvalue weighted by molar-refractivity contribution is -0.119. The first kappa shape index (κ1) is 20.2. The number of anilines is 1. The number of nitrogens with one attached hydrogen (secondary N) is 2. The molecule has 1 atom stereocenters. The fourth-order valence-electron chi connectivity index (χ4n) is 1.85. The number of amides is 2. The normalized spacial score (nSPS) is 11.1. The number of nitrogens with zero attached hydrogens (tertiary/aromatic N) is 1. The fourth-order valence-corrected chi connectivity index (χ4v) is 1.85. The molecule has 1 unspecified atom stereocenters. The smallest absolute Gasteiger partial charge is 0.253 e. The van der Waals surface area contributed by atoms with Gasteiger partial charge < -0.3 is 20.3 Å². The fraction of sp³-hybridized carbons (Fsp3) is 0.467. The van der Waals surface area contributed by atoms with Gasteiger partial charge >= 0.3 is 0 Å². The quantitative estimate of drug-likeness (QED) is 0.832. The minimum absolute atomic E-state index is 0. The van der Waals surface area contributed by atoms with Gasteiger partial charge in [0.15, 0.2) is 0 Å². The van der Waals surface area contributed by atoms with E-state index in [1.807, 2.05) is 6.92 Å². The van der Waals surface area contributed by atoms with Crippen LogP contribution in [0.3, 0.4) is 0 Å². The molecule has 0 fully saturated rings. The van der Waals surface area contributed by atoms with Crippen molar-refractivity contribution in [2.45, 2.75) is 6.92 Å². The molecule has 0 bridgehead atoms. The number of carbonyl (C=O) groups is 2. The second-order valence-electron chi connectivity index (χ2n) is 5.06. The van der Waals surface area contributed by atoms with E-state index in [1.165, 1.54) is 12.0 Å². The monoisotopic (exact) mass is 329 g/mol. The van der Waals surface area contributed by atoms with Gasteiger partial charge in [-0.2, -0.15) is 0 Å². The van der Waals surface area contributed by atoms with E-state index in [0.717, 1.165) is 0 Å². The summed E-state index contributed by atoms with van der Waals surface area (Å²) in [7, 11) is 6.68. The third kappa shape index (κ3) is 5.20. The van der Waals surface area contributed by atoms with Crippen LogP contribution >= 0.6 is 12.4 Å². The van der Waals surface area contributed by atoms with E-state index < -0.39 is 0 Å². The lowest BCUT2D eigenvalue weighted by atomic mass is 10.1. The van der Waals surface area contributed by atoms with Gasteiger partial charge in [-0.25, -0.2) is 0 Å². The largest absolute Gasteiger partial charge is 0.495 e. The van der Waals surface area contributed by atoms with Crippen molar-refractivity contribution >= 4 is 29.9 Å². The summed E-state index contributed by atoms with van der Waals surface area (Å²) >= 11 is 0. The molecule has 7 heteroatoms. The first-order chi connectivity index (χ1) is 9.90. The Morgan fingerprint density at radius 1 is 1.32 bits per heavy atom. The summed E-state index contributed by atoms with van der Waals surface area (Å²) in [5.41, 5.74) is 0.996. The molecule has 0 saturated carbocycles. The summed E-state index contributed by atoms with van der Waals surface area (Å²) in [4.78, 5) is 25.5. The van der Waals surface area contributed by atoms with Crippen molar-refractivity contribution in [3.8, 4) is 5.75 Å². The number of halogens is 1. The van der Waals surface area contributed by atoms with Crippen molar-refractivity contribution in [2.24, 2.45) is 5.92 Å². The maximum absolute atomic E-state index is 12.1. The number of carbonyl (C=O) groups excluding carboxylic acids is 2. The van der Waals surface area contributed by atoms with Crippen molar-refractivity contribution in [3.05, 3.63) is 23.8 Å². The Balaban J connectivity index is 0.00000441. The molecular formula is C15H24ClN3O3. The van der Waals surface area contributed by atoms with Gasteiger partial charge in [-0.3, -0.25) is 9.59 Å². The topological polar surface area (TPSA) is 70.7 Å². The van der Waals surface area contributed by atoms with Crippen LogP contribution in [0.5, 0.6) is 5.75 Å². The maximum Gasteiger partial charge on any atom is 0.253 e. The summed E-state index contributed by atoms with van der Waals surface area (Å²) < 4.78 is 5.23. The van der Waals surface area contributed by atoms with Gasteiger partial charge in [-0.05, 0) is 25.2 Å². The lowest BCUT2D eigenvalue weighted by Gasteiger charge is -2.16. The molecule has 0 aliphatic carbocycles. The molecule has 0 aliphatic heterocycles. The van der Waals surface area contributed by atoms with E-state index in [4.69, 9.17) is 4.74 Å². The van der Waals surface area contributed by atoms with Crippen LogP contribution in [0.2, 0.25) is 0 Å². The van der Waals surface area contributed by atoms with Gasteiger partial charge in [-0.1, -0.05) is 6.92 Å². The highest BCUT2D eigenvalue weighted by atomic mass is 35.5. The van der Waals surface area contributed by atoms with Crippen molar-refractivity contribution in [3.63, 3.8) is 0 Å². The third-order valence-electron chi connectivity index (χ3n) is 3.07. The minimum atomic E-state index is -0.187. The highest BCUT2D eigenvalue weighted by Gasteiger charge is 2.16. The molecule has 0 saturated heterocycles. The zero-order chi connectivity index (χ0) is 16.0. The van der Waals surface area contributed by atoms with Crippen LogP contribution in [0, 0.1) is 5.92 Å². The van der Waals surface area contributed by atoms with Crippen LogP contribution in [-0.4, -0.2) is 51.5 Å². The molecule has 0 heterocycles. The Hall–Kier alpha value is -1.79. The molecule has 1 rings (SSSR count). The van der Waals surface area contributed by atoms with E-state index in [0.29, 0.717) is 23.5 Å². The first-order valence-corrected chi connectivity index (χ1v) is 6.75. The Bertz CT molecular complexity index is 521. The van der Waals surface area contributed by atoms with Crippen LogP contribution < -0.4 is 15.4 Å². The molecule has 22 heavy (non-hydrogen) atoms. The molecular weight excluding hydrogens is 306 g/mol. The van der Waals surface area contributed by atoms with Crippen molar-refractivity contribution < 1.29 is 14.3 Å². The van der Waals surface area contributed by atoms with Crippen LogP contribution in [0.15, 0.2) is 18.2 Å². The Morgan fingerprint density at radius 3 is 2.45 bits per heavy atom. The molecule has 0 aliphatic rings. The summed E-state index contributed by atoms with van der Waals surface area (Å²) in [6.45, 7) is 2.40. The summed E-state index contributed by atoms with van der Waals surface area (Å²) in [6, 6.07) is 4.98. The van der Waals surface area contributed by atoms with E-state index in [2.05, 4.69) is 10.6 Å². The Kier molecular flexibility index (Phi) is 8.52. The average Bonchev–Trinajstić information content (AvgIpc) is 2.46. The van der Waals surface area contributed by atoms with E-state index in [-0.39, 0.29) is 30.1 Å². The molecule has 2 N–H and O–H groups in total. The number of hydrogen-bond donors (Lipinski definition) is 2. The SMILES string of the molecule is CNCC(C)C(=O)Nc1cc(C(=O)N(C)C)ccc1OC.Cl. The Morgan fingerprint density at radius 2 is 1.95 bits per heavy atom. The first-order valence-electron chi connectivity index (χ1n) is 6.75. The molecule has 6 nitrogen and oxygen atoms in total. The number of hydrogen-bond acceptors (Lipinski definition) is 4. The molecule has 1 aromatic carbocycles. The molecule has 0 spiro atoms. The number of benzene rings is 1. The number of rotatable bonds is 6. The zero-order valence-electron chi connectivity index (χ0n) is 13.6. The van der Waals surface area contributed by atoms with E-state index in [9.17, 15) is 9.59 Å². The second-order valence-corrected chi connectivity index (χ2v) is 5.06. The summed E-state index contributed by atoms with van der Waals surface area (Å²) in [6.07, 6.45) is 0. The average molecular weight is 330 g/mol. The van der Waals surface area contributed by atoms with Crippen LogP contribution in [0.4, 0.5) is 5.69 Å². The highest BCUT2D eigenvalue weighted by molar-refractivity contribution is 5.98. The molecule has 2 amide bonds. The van der Waals surface area contributed by atoms with Crippen molar-refractivity contribution in [1.82, 2.24) is 10.2 Å². The van der Waals surface area contributed by atoms with Gasteiger partial charge in [0.2, 0.25) is 5.91 Å². The van der Waals surface area contributed by atoms with Gasteiger partial charge in [0.25, 0.3) is 5.91 Å². The third-order valence-corrected chi connectivity index (χ3v) is 3.07. The molecule has 0 aromatic heterocycles. The predicted molar refractivity (Wildman–Crippen MR) is 90.0 cm³/mol. The predicted octanol–water partition coefficient (Wildman–Crippen LogP) is 1.61. The van der Waals surface area contributed by atoms with Crippen molar-refractivity contribution in [1.29, 1.82) is 0 Å². The zero-order valence-corrected chi connectivity index (χ0v) is 14.4.